The fraction of sp³-hybridized carbons (Fsp3) is 0.190. The van der Waals surface area contributed by atoms with Gasteiger partial charge in [-0.15, -0.1) is 0 Å². The van der Waals surface area contributed by atoms with Crippen LogP contribution in [-0.2, 0) is 17.9 Å². The zero-order valence-corrected chi connectivity index (χ0v) is 16.7. The lowest BCUT2D eigenvalue weighted by molar-refractivity contribution is -0.116. The summed E-state index contributed by atoms with van der Waals surface area (Å²) in [6, 6.07) is 13.1. The molecule has 0 saturated heterocycles. The molecule has 4 rings (SSSR count). The van der Waals surface area contributed by atoms with Crippen molar-refractivity contribution in [2.75, 3.05) is 5.32 Å². The Morgan fingerprint density at radius 1 is 1.24 bits per heavy atom. The Hall–Kier alpha value is -3.39. The summed E-state index contributed by atoms with van der Waals surface area (Å²) >= 11 is 1.15. The number of rotatable bonds is 7. The number of aromatic nitrogens is 3. The molecular formula is C21H20N4O3S. The van der Waals surface area contributed by atoms with Crippen LogP contribution in [0.1, 0.15) is 17.8 Å². The van der Waals surface area contributed by atoms with Gasteiger partial charge in [0.05, 0.1) is 5.69 Å². The summed E-state index contributed by atoms with van der Waals surface area (Å²) in [6.45, 7) is 2.56. The second-order valence-corrected chi connectivity index (χ2v) is 7.43. The standard InChI is InChI=1S/C21H20N4O3S/c1-15-14-29-21(27)25(15)10-8-20(26)23-16-5-4-6-18(11-16)28-13-17-12-24-9-3-2-7-19(24)22-17/h2-7,9,11-12,14H,8,10,13H2,1H3,(H,23,26). The number of aryl methyl sites for hydroxylation is 1. The highest BCUT2D eigenvalue weighted by Gasteiger charge is 2.08. The molecule has 0 atom stereocenters. The summed E-state index contributed by atoms with van der Waals surface area (Å²) in [5.41, 5.74) is 3.21. The Morgan fingerprint density at radius 2 is 2.14 bits per heavy atom. The van der Waals surface area contributed by atoms with Gasteiger partial charge in [-0.05, 0) is 31.2 Å². The van der Waals surface area contributed by atoms with Crippen LogP contribution in [-0.4, -0.2) is 19.9 Å². The van der Waals surface area contributed by atoms with Crippen LogP contribution >= 0.6 is 11.3 Å². The number of thiazole rings is 1. The normalized spacial score (nSPS) is 10.9. The van der Waals surface area contributed by atoms with Crippen LogP contribution in [0, 0.1) is 6.92 Å². The second kappa shape index (κ2) is 8.32. The van der Waals surface area contributed by atoms with Crippen LogP contribution in [0.3, 0.4) is 0 Å². The van der Waals surface area contributed by atoms with Crippen molar-refractivity contribution in [2.24, 2.45) is 0 Å². The SMILES string of the molecule is Cc1csc(=O)n1CCC(=O)Nc1cccc(OCc2cn3ccccc3n2)c1. The average molecular weight is 408 g/mol. The van der Waals surface area contributed by atoms with E-state index in [1.807, 2.05) is 54.0 Å². The number of anilines is 1. The fourth-order valence-electron chi connectivity index (χ4n) is 2.99. The molecule has 0 bridgehead atoms. The van der Waals surface area contributed by atoms with Crippen molar-refractivity contribution in [3.8, 4) is 5.75 Å². The van der Waals surface area contributed by atoms with Gasteiger partial charge in [0, 0.05) is 48.2 Å². The number of imidazole rings is 1. The molecule has 0 aliphatic carbocycles. The molecule has 1 aromatic carbocycles. The molecule has 0 spiro atoms. The van der Waals surface area contributed by atoms with E-state index in [2.05, 4.69) is 10.3 Å². The van der Waals surface area contributed by atoms with E-state index in [1.165, 1.54) is 0 Å². The molecule has 4 aromatic rings. The van der Waals surface area contributed by atoms with Gasteiger partial charge in [-0.3, -0.25) is 9.59 Å². The molecule has 0 unspecified atom stereocenters. The van der Waals surface area contributed by atoms with Crippen molar-refractivity contribution in [3.63, 3.8) is 0 Å². The summed E-state index contributed by atoms with van der Waals surface area (Å²) in [4.78, 5) is 28.4. The predicted octanol–water partition coefficient (Wildman–Crippen LogP) is 3.47. The topological polar surface area (TPSA) is 77.6 Å². The van der Waals surface area contributed by atoms with Gasteiger partial charge in [-0.1, -0.05) is 23.5 Å². The van der Waals surface area contributed by atoms with E-state index in [9.17, 15) is 9.59 Å². The number of hydrogen-bond donors (Lipinski definition) is 1. The molecule has 8 heteroatoms. The average Bonchev–Trinajstić information content (AvgIpc) is 3.28. The molecule has 0 aliphatic heterocycles. The molecule has 29 heavy (non-hydrogen) atoms. The van der Waals surface area contributed by atoms with Crippen molar-refractivity contribution in [1.29, 1.82) is 0 Å². The first-order valence-electron chi connectivity index (χ1n) is 9.19. The minimum atomic E-state index is -0.153. The predicted molar refractivity (Wildman–Crippen MR) is 113 cm³/mol. The molecular weight excluding hydrogens is 388 g/mol. The quantitative estimate of drug-likeness (QED) is 0.508. The Kier molecular flexibility index (Phi) is 5.44. The molecule has 1 amide bonds. The minimum Gasteiger partial charge on any atom is -0.487 e. The first-order valence-corrected chi connectivity index (χ1v) is 10.1. The Balaban J connectivity index is 1.34. The number of carbonyl (C=O) groups excluding carboxylic acids is 1. The van der Waals surface area contributed by atoms with Crippen molar-refractivity contribution < 1.29 is 9.53 Å². The highest BCUT2D eigenvalue weighted by molar-refractivity contribution is 7.07. The van der Waals surface area contributed by atoms with E-state index >= 15 is 0 Å². The summed E-state index contributed by atoms with van der Waals surface area (Å²) in [7, 11) is 0. The largest absolute Gasteiger partial charge is 0.487 e. The maximum absolute atomic E-state index is 12.2. The molecule has 148 valence electrons. The second-order valence-electron chi connectivity index (χ2n) is 6.61. The molecule has 1 N–H and O–H groups in total. The third kappa shape index (κ3) is 4.55. The van der Waals surface area contributed by atoms with E-state index in [1.54, 1.807) is 22.1 Å². The lowest BCUT2D eigenvalue weighted by atomic mass is 10.3. The van der Waals surface area contributed by atoms with Gasteiger partial charge in [0.2, 0.25) is 5.91 Å². The summed E-state index contributed by atoms with van der Waals surface area (Å²) in [5.74, 6) is 0.491. The van der Waals surface area contributed by atoms with E-state index in [4.69, 9.17) is 4.74 Å². The zero-order valence-electron chi connectivity index (χ0n) is 15.9. The van der Waals surface area contributed by atoms with Gasteiger partial charge >= 0.3 is 4.87 Å². The van der Waals surface area contributed by atoms with Crippen LogP contribution < -0.4 is 14.9 Å². The van der Waals surface area contributed by atoms with Crippen molar-refractivity contribution in [3.05, 3.63) is 81.3 Å². The number of nitrogens with one attached hydrogen (secondary N) is 1. The summed E-state index contributed by atoms with van der Waals surface area (Å²) in [6.07, 6.45) is 4.09. The molecule has 0 fully saturated rings. The van der Waals surface area contributed by atoms with Gasteiger partial charge < -0.3 is 19.0 Å². The van der Waals surface area contributed by atoms with Gasteiger partial charge in [0.15, 0.2) is 0 Å². The number of amides is 1. The van der Waals surface area contributed by atoms with E-state index < -0.39 is 0 Å². The number of hydrogen-bond acceptors (Lipinski definition) is 5. The van der Waals surface area contributed by atoms with Crippen molar-refractivity contribution in [1.82, 2.24) is 14.0 Å². The summed E-state index contributed by atoms with van der Waals surface area (Å²) in [5, 5.41) is 4.65. The van der Waals surface area contributed by atoms with Gasteiger partial charge in [-0.2, -0.15) is 0 Å². The number of nitrogens with zero attached hydrogens (tertiary/aromatic N) is 3. The van der Waals surface area contributed by atoms with Crippen molar-refractivity contribution in [2.45, 2.75) is 26.5 Å². The highest BCUT2D eigenvalue weighted by atomic mass is 32.1. The lowest BCUT2D eigenvalue weighted by Crippen LogP contribution is -2.20. The van der Waals surface area contributed by atoms with Crippen molar-refractivity contribution >= 4 is 28.6 Å². The molecule has 3 aromatic heterocycles. The highest BCUT2D eigenvalue weighted by Crippen LogP contribution is 2.19. The van der Waals surface area contributed by atoms with Gasteiger partial charge in [-0.25, -0.2) is 4.98 Å². The van der Waals surface area contributed by atoms with E-state index in [0.717, 1.165) is 28.4 Å². The fourth-order valence-corrected chi connectivity index (χ4v) is 3.75. The van der Waals surface area contributed by atoms with E-state index in [0.29, 0.717) is 24.6 Å². The smallest absolute Gasteiger partial charge is 0.307 e. The lowest BCUT2D eigenvalue weighted by Gasteiger charge is -2.09. The Bertz CT molecular complexity index is 1170. The number of pyridine rings is 1. The zero-order chi connectivity index (χ0) is 20.2. The summed E-state index contributed by atoms with van der Waals surface area (Å²) < 4.78 is 9.37. The first kappa shape index (κ1) is 18.9. The van der Waals surface area contributed by atoms with Gasteiger partial charge in [0.25, 0.3) is 0 Å². The molecule has 0 saturated carbocycles. The van der Waals surface area contributed by atoms with Crippen LogP contribution in [0.2, 0.25) is 0 Å². The van der Waals surface area contributed by atoms with Gasteiger partial charge in [0.1, 0.15) is 18.0 Å². The third-order valence-corrected chi connectivity index (χ3v) is 5.34. The van der Waals surface area contributed by atoms with Crippen LogP contribution in [0.15, 0.2) is 65.0 Å². The monoisotopic (exact) mass is 408 g/mol. The maximum atomic E-state index is 12.2. The molecule has 7 nitrogen and oxygen atoms in total. The molecule has 0 radical (unpaired) electrons. The number of ether oxygens (including phenoxy) is 1. The first-order chi connectivity index (χ1) is 14.1. The van der Waals surface area contributed by atoms with E-state index in [-0.39, 0.29) is 17.2 Å². The third-order valence-electron chi connectivity index (χ3n) is 4.46. The number of benzene rings is 1. The van der Waals surface area contributed by atoms with Crippen LogP contribution in [0.4, 0.5) is 5.69 Å². The molecule has 0 aliphatic rings. The van der Waals surface area contributed by atoms with Crippen LogP contribution in [0.25, 0.3) is 5.65 Å². The van der Waals surface area contributed by atoms with Crippen LogP contribution in [0.5, 0.6) is 5.75 Å². The minimum absolute atomic E-state index is 0.0438. The number of carbonyl (C=O) groups is 1. The maximum Gasteiger partial charge on any atom is 0.307 e. The number of fused-ring (bicyclic) bond motifs is 1. The Labute approximate surface area is 171 Å². The Morgan fingerprint density at radius 3 is 2.93 bits per heavy atom. The molecule has 3 heterocycles.